The van der Waals surface area contributed by atoms with E-state index >= 15 is 0 Å². The van der Waals surface area contributed by atoms with Gasteiger partial charge in [-0.2, -0.15) is 0 Å². The minimum absolute atomic E-state index is 0.714. The number of pyridine rings is 2. The zero-order valence-corrected chi connectivity index (χ0v) is 12.1. The number of aromatic nitrogens is 2. The van der Waals surface area contributed by atoms with E-state index in [2.05, 4.69) is 40.4 Å². The van der Waals surface area contributed by atoms with E-state index in [9.17, 15) is 0 Å². The second-order valence-electron chi connectivity index (χ2n) is 5.00. The first-order valence-corrected chi connectivity index (χ1v) is 6.85. The first-order valence-electron chi connectivity index (χ1n) is 6.85. The topological polar surface area (TPSA) is 47.0 Å². The molecule has 2 heterocycles. The lowest BCUT2D eigenvalue weighted by molar-refractivity contribution is 0.414. The van der Waals surface area contributed by atoms with E-state index in [0.717, 1.165) is 29.1 Å². The Morgan fingerprint density at radius 3 is 2.86 bits per heavy atom. The first-order chi connectivity index (χ1) is 10.2. The van der Waals surface area contributed by atoms with Gasteiger partial charge < -0.3 is 10.1 Å². The van der Waals surface area contributed by atoms with Crippen LogP contribution in [0.15, 0.2) is 42.2 Å². The van der Waals surface area contributed by atoms with Crippen molar-refractivity contribution in [3.05, 3.63) is 53.4 Å². The fraction of sp³-hybridized carbons (Fsp3) is 0.176. The predicted molar refractivity (Wildman–Crippen MR) is 85.6 cm³/mol. The molecular formula is C17H17N3O. The number of ether oxygens (including phenoxy) is 1. The van der Waals surface area contributed by atoms with Crippen LogP contribution in [0.1, 0.15) is 24.5 Å². The summed E-state index contributed by atoms with van der Waals surface area (Å²) in [5.41, 5.74) is 3.64. The van der Waals surface area contributed by atoms with Crippen molar-refractivity contribution < 1.29 is 4.74 Å². The molecule has 0 saturated heterocycles. The molecule has 0 unspecified atom stereocenters. The van der Waals surface area contributed by atoms with Gasteiger partial charge in [0.25, 0.3) is 0 Å². The summed E-state index contributed by atoms with van der Waals surface area (Å²) in [5, 5.41) is 3.20. The van der Waals surface area contributed by atoms with Gasteiger partial charge in [-0.25, -0.2) is 9.97 Å². The highest BCUT2D eigenvalue weighted by Crippen LogP contribution is 2.24. The number of rotatable bonds is 3. The van der Waals surface area contributed by atoms with Crippen molar-refractivity contribution >= 4 is 23.8 Å². The average Bonchev–Trinajstić information content (AvgIpc) is 2.68. The van der Waals surface area contributed by atoms with Crippen LogP contribution in [-0.4, -0.2) is 17.1 Å². The molecule has 2 aromatic heterocycles. The van der Waals surface area contributed by atoms with E-state index in [-0.39, 0.29) is 0 Å². The molecule has 3 rings (SSSR count). The third-order valence-electron chi connectivity index (χ3n) is 3.33. The second kappa shape index (κ2) is 5.79. The smallest absolute Gasteiger partial charge is 0.135 e. The molecule has 0 bridgehead atoms. The largest absolute Gasteiger partial charge is 0.497 e. The molecule has 0 atom stereocenters. The SMILES string of the molecule is COc1ccnc(Nc2cc3c(cn2)C=C(C)CC=C3)c1. The number of allylic oxidation sites excluding steroid dienone is 2. The van der Waals surface area contributed by atoms with Crippen LogP contribution in [0.3, 0.4) is 0 Å². The Morgan fingerprint density at radius 1 is 1.14 bits per heavy atom. The molecule has 0 aliphatic heterocycles. The number of anilines is 2. The summed E-state index contributed by atoms with van der Waals surface area (Å²) in [4.78, 5) is 8.71. The average molecular weight is 279 g/mol. The summed E-state index contributed by atoms with van der Waals surface area (Å²) in [6, 6.07) is 5.68. The first kappa shape index (κ1) is 13.4. The van der Waals surface area contributed by atoms with Crippen LogP contribution in [0.4, 0.5) is 11.6 Å². The van der Waals surface area contributed by atoms with Crippen LogP contribution >= 0.6 is 0 Å². The zero-order chi connectivity index (χ0) is 14.7. The molecule has 4 nitrogen and oxygen atoms in total. The Balaban J connectivity index is 1.89. The second-order valence-corrected chi connectivity index (χ2v) is 5.00. The molecule has 0 aromatic carbocycles. The molecule has 106 valence electrons. The van der Waals surface area contributed by atoms with Crippen LogP contribution in [0.5, 0.6) is 5.75 Å². The summed E-state index contributed by atoms with van der Waals surface area (Å²) in [6.45, 7) is 2.13. The highest BCUT2D eigenvalue weighted by atomic mass is 16.5. The van der Waals surface area contributed by atoms with Gasteiger partial charge in [0.05, 0.1) is 7.11 Å². The zero-order valence-electron chi connectivity index (χ0n) is 12.1. The van der Waals surface area contributed by atoms with E-state index in [1.807, 2.05) is 24.4 Å². The lowest BCUT2D eigenvalue weighted by Crippen LogP contribution is -1.97. The van der Waals surface area contributed by atoms with E-state index in [1.54, 1.807) is 13.3 Å². The van der Waals surface area contributed by atoms with Crippen molar-refractivity contribution in [2.75, 3.05) is 12.4 Å². The summed E-state index contributed by atoms with van der Waals surface area (Å²) in [6.07, 6.45) is 11.1. The van der Waals surface area contributed by atoms with Gasteiger partial charge in [-0.05, 0) is 31.0 Å². The third kappa shape index (κ3) is 3.11. The maximum absolute atomic E-state index is 5.19. The number of hydrogen-bond donors (Lipinski definition) is 1. The van der Waals surface area contributed by atoms with Gasteiger partial charge in [0, 0.05) is 24.0 Å². The summed E-state index contributed by atoms with van der Waals surface area (Å²) in [7, 11) is 1.64. The van der Waals surface area contributed by atoms with Crippen molar-refractivity contribution in [2.24, 2.45) is 0 Å². The summed E-state index contributed by atoms with van der Waals surface area (Å²) < 4.78 is 5.19. The highest BCUT2D eigenvalue weighted by Gasteiger charge is 2.05. The van der Waals surface area contributed by atoms with Crippen molar-refractivity contribution in [1.29, 1.82) is 0 Å². The van der Waals surface area contributed by atoms with E-state index in [4.69, 9.17) is 4.74 Å². The van der Waals surface area contributed by atoms with Gasteiger partial charge in [-0.15, -0.1) is 0 Å². The van der Waals surface area contributed by atoms with Gasteiger partial charge in [-0.3, -0.25) is 0 Å². The number of nitrogens with one attached hydrogen (secondary N) is 1. The Morgan fingerprint density at radius 2 is 2.00 bits per heavy atom. The Bertz CT molecular complexity index is 720. The van der Waals surface area contributed by atoms with Gasteiger partial charge in [0.15, 0.2) is 0 Å². The molecule has 0 spiro atoms. The Hall–Kier alpha value is -2.62. The quantitative estimate of drug-likeness (QED) is 0.920. The standard InChI is InChI=1S/C17H17N3O/c1-12-4-3-5-13-9-16(19-11-14(13)8-12)20-17-10-15(21-2)6-7-18-17/h3,5-11H,4H2,1-2H3,(H,18,19,20). The summed E-state index contributed by atoms with van der Waals surface area (Å²) >= 11 is 0. The molecule has 0 amide bonds. The van der Waals surface area contributed by atoms with Crippen LogP contribution in [-0.2, 0) is 0 Å². The predicted octanol–water partition coefficient (Wildman–Crippen LogP) is 4.05. The lowest BCUT2D eigenvalue weighted by atomic mass is 10.1. The van der Waals surface area contributed by atoms with Crippen molar-refractivity contribution in [3.63, 3.8) is 0 Å². The fourth-order valence-corrected chi connectivity index (χ4v) is 2.25. The Kier molecular flexibility index (Phi) is 3.69. The van der Waals surface area contributed by atoms with E-state index in [0.29, 0.717) is 5.82 Å². The van der Waals surface area contributed by atoms with Crippen LogP contribution in [0.25, 0.3) is 12.2 Å². The molecule has 0 saturated carbocycles. The molecule has 1 N–H and O–H groups in total. The van der Waals surface area contributed by atoms with Gasteiger partial charge in [0.2, 0.25) is 0 Å². The van der Waals surface area contributed by atoms with Crippen LogP contribution < -0.4 is 10.1 Å². The van der Waals surface area contributed by atoms with Crippen LogP contribution in [0, 0.1) is 0 Å². The van der Waals surface area contributed by atoms with Crippen molar-refractivity contribution in [2.45, 2.75) is 13.3 Å². The van der Waals surface area contributed by atoms with Crippen LogP contribution in [0.2, 0.25) is 0 Å². The van der Waals surface area contributed by atoms with E-state index in [1.165, 1.54) is 5.57 Å². The van der Waals surface area contributed by atoms with Crippen molar-refractivity contribution in [3.8, 4) is 5.75 Å². The Labute approximate surface area is 124 Å². The number of nitrogens with zero attached hydrogens (tertiary/aromatic N) is 2. The van der Waals surface area contributed by atoms with E-state index < -0.39 is 0 Å². The molecular weight excluding hydrogens is 262 g/mol. The highest BCUT2D eigenvalue weighted by molar-refractivity contribution is 5.71. The minimum atomic E-state index is 0.714. The maximum Gasteiger partial charge on any atom is 0.135 e. The monoisotopic (exact) mass is 279 g/mol. The van der Waals surface area contributed by atoms with Gasteiger partial charge in [-0.1, -0.05) is 23.8 Å². The number of methoxy groups -OCH3 is 1. The molecule has 1 aliphatic carbocycles. The minimum Gasteiger partial charge on any atom is -0.497 e. The normalized spacial score (nSPS) is 13.1. The fourth-order valence-electron chi connectivity index (χ4n) is 2.25. The maximum atomic E-state index is 5.19. The molecule has 0 radical (unpaired) electrons. The molecule has 0 fully saturated rings. The molecule has 2 aromatic rings. The summed E-state index contributed by atoms with van der Waals surface area (Å²) in [5.74, 6) is 2.25. The van der Waals surface area contributed by atoms with Gasteiger partial charge in [0.1, 0.15) is 17.4 Å². The number of fused-ring (bicyclic) bond motifs is 1. The number of hydrogen-bond acceptors (Lipinski definition) is 4. The molecule has 1 aliphatic rings. The van der Waals surface area contributed by atoms with Gasteiger partial charge >= 0.3 is 0 Å². The van der Waals surface area contributed by atoms with Crippen molar-refractivity contribution in [1.82, 2.24) is 9.97 Å². The lowest BCUT2D eigenvalue weighted by Gasteiger charge is -2.08. The third-order valence-corrected chi connectivity index (χ3v) is 3.33. The molecule has 21 heavy (non-hydrogen) atoms. The molecule has 4 heteroatoms.